The van der Waals surface area contributed by atoms with Crippen LogP contribution in [-0.2, 0) is 0 Å². The quantitative estimate of drug-likeness (QED) is 0.427. The zero-order valence-electron chi connectivity index (χ0n) is 7.33. The van der Waals surface area contributed by atoms with Gasteiger partial charge < -0.3 is 0 Å². The zero-order chi connectivity index (χ0) is 8.53. The highest BCUT2D eigenvalue weighted by Crippen LogP contribution is 1.93. The fraction of sp³-hybridized carbons (Fsp3) is 0.556. The molecule has 0 radical (unpaired) electrons. The van der Waals surface area contributed by atoms with Crippen molar-refractivity contribution in [2.45, 2.75) is 32.9 Å². The van der Waals surface area contributed by atoms with Gasteiger partial charge >= 0.3 is 0 Å². The fourth-order valence-corrected chi connectivity index (χ4v) is 0.587. The Kier molecular flexibility index (Phi) is 6.59. The van der Waals surface area contributed by atoms with E-state index in [4.69, 9.17) is 0 Å². The molecular weight excluding hydrogens is 136 g/mol. The van der Waals surface area contributed by atoms with E-state index in [1.165, 1.54) is 0 Å². The Bertz CT molecular complexity index is 134. The van der Waals surface area contributed by atoms with Gasteiger partial charge in [-0.1, -0.05) is 20.4 Å². The minimum atomic E-state index is -0.0742. The second-order valence-corrected chi connectivity index (χ2v) is 2.13. The smallest absolute Gasteiger partial charge is 0.157 e. The van der Waals surface area contributed by atoms with Gasteiger partial charge in [-0.2, -0.15) is 0 Å². The van der Waals surface area contributed by atoms with Crippen molar-refractivity contribution in [3.63, 3.8) is 0 Å². The van der Waals surface area contributed by atoms with Crippen molar-refractivity contribution in [2.75, 3.05) is 0 Å². The molecule has 0 aliphatic rings. The molecule has 0 saturated carbocycles. The molecule has 0 amide bonds. The van der Waals surface area contributed by atoms with E-state index in [1.54, 1.807) is 6.08 Å². The van der Waals surface area contributed by atoms with Crippen LogP contribution in [0.25, 0.3) is 0 Å². The Balaban J connectivity index is 3.85. The maximum absolute atomic E-state index is 4.16. The normalized spacial score (nSPS) is 14.4. The average molecular weight is 152 g/mol. The molecule has 2 nitrogen and oxygen atoms in total. The van der Waals surface area contributed by atoms with E-state index in [2.05, 4.69) is 16.6 Å². The van der Waals surface area contributed by atoms with Gasteiger partial charge in [-0.05, 0) is 18.9 Å². The third kappa shape index (κ3) is 5.52. The van der Waals surface area contributed by atoms with Crippen molar-refractivity contribution in [1.82, 2.24) is 0 Å². The zero-order valence-corrected chi connectivity index (χ0v) is 7.33. The summed E-state index contributed by atoms with van der Waals surface area (Å²) < 4.78 is 0. The Hall–Kier alpha value is -0.920. The SMILES string of the molecule is C=CC(N=CCC)N=CCC. The van der Waals surface area contributed by atoms with E-state index in [-0.39, 0.29) is 6.17 Å². The Labute approximate surface area is 68.8 Å². The van der Waals surface area contributed by atoms with Gasteiger partial charge in [0.25, 0.3) is 0 Å². The molecule has 0 heterocycles. The lowest BCUT2D eigenvalue weighted by Crippen LogP contribution is -1.95. The second-order valence-electron chi connectivity index (χ2n) is 2.13. The van der Waals surface area contributed by atoms with Crippen LogP contribution in [0.5, 0.6) is 0 Å². The number of hydrogen-bond donors (Lipinski definition) is 0. The molecule has 0 aliphatic carbocycles. The van der Waals surface area contributed by atoms with E-state index < -0.39 is 0 Å². The van der Waals surface area contributed by atoms with Gasteiger partial charge in [-0.3, -0.25) is 9.98 Å². The molecule has 0 aliphatic heterocycles. The number of rotatable bonds is 5. The number of nitrogens with zero attached hydrogens (tertiary/aromatic N) is 2. The van der Waals surface area contributed by atoms with Crippen molar-refractivity contribution in [1.29, 1.82) is 0 Å². The predicted molar refractivity (Wildman–Crippen MR) is 51.6 cm³/mol. The Morgan fingerprint density at radius 2 is 1.64 bits per heavy atom. The van der Waals surface area contributed by atoms with E-state index in [0.29, 0.717) is 0 Å². The molecule has 0 rings (SSSR count). The van der Waals surface area contributed by atoms with Crippen molar-refractivity contribution >= 4 is 12.4 Å². The third-order valence-electron chi connectivity index (χ3n) is 1.09. The summed E-state index contributed by atoms with van der Waals surface area (Å²) in [4.78, 5) is 8.31. The lowest BCUT2D eigenvalue weighted by molar-refractivity contribution is 0.882. The van der Waals surface area contributed by atoms with Crippen molar-refractivity contribution in [2.24, 2.45) is 9.98 Å². The van der Waals surface area contributed by atoms with Gasteiger partial charge in [0, 0.05) is 12.4 Å². The van der Waals surface area contributed by atoms with E-state index in [1.807, 2.05) is 26.3 Å². The first-order chi connectivity index (χ1) is 5.35. The van der Waals surface area contributed by atoms with Gasteiger partial charge in [0.05, 0.1) is 0 Å². The lowest BCUT2D eigenvalue weighted by Gasteiger charge is -1.97. The summed E-state index contributed by atoms with van der Waals surface area (Å²) >= 11 is 0. The van der Waals surface area contributed by atoms with Crippen LogP contribution in [0.4, 0.5) is 0 Å². The summed E-state index contributed by atoms with van der Waals surface area (Å²) in [6.07, 6.45) is 7.28. The first-order valence-electron chi connectivity index (χ1n) is 4.01. The summed E-state index contributed by atoms with van der Waals surface area (Å²) in [7, 11) is 0. The Morgan fingerprint density at radius 1 is 1.18 bits per heavy atom. The van der Waals surface area contributed by atoms with E-state index in [9.17, 15) is 0 Å². The van der Waals surface area contributed by atoms with Gasteiger partial charge in [-0.15, -0.1) is 0 Å². The monoisotopic (exact) mass is 152 g/mol. The van der Waals surface area contributed by atoms with Crippen LogP contribution < -0.4 is 0 Å². The highest BCUT2D eigenvalue weighted by Gasteiger charge is 1.90. The highest BCUT2D eigenvalue weighted by molar-refractivity contribution is 5.59. The number of aliphatic imine (C=N–C) groups is 2. The minimum Gasteiger partial charge on any atom is -0.267 e. The summed E-state index contributed by atoms with van der Waals surface area (Å²) in [6.45, 7) is 7.74. The summed E-state index contributed by atoms with van der Waals surface area (Å²) in [5, 5.41) is 0. The summed E-state index contributed by atoms with van der Waals surface area (Å²) in [6, 6.07) is 0. The molecule has 0 aromatic carbocycles. The van der Waals surface area contributed by atoms with Crippen molar-refractivity contribution in [3.8, 4) is 0 Å². The average Bonchev–Trinajstić information content (AvgIpc) is 2.05. The topological polar surface area (TPSA) is 24.7 Å². The molecule has 0 atom stereocenters. The maximum atomic E-state index is 4.16. The Morgan fingerprint density at radius 3 is 1.91 bits per heavy atom. The van der Waals surface area contributed by atoms with Crippen molar-refractivity contribution < 1.29 is 0 Å². The molecule has 0 unspecified atom stereocenters. The first-order valence-corrected chi connectivity index (χ1v) is 4.01. The van der Waals surface area contributed by atoms with Gasteiger partial charge in [0.1, 0.15) is 0 Å². The van der Waals surface area contributed by atoms with Crippen LogP contribution in [0, 0.1) is 0 Å². The van der Waals surface area contributed by atoms with Crippen molar-refractivity contribution in [3.05, 3.63) is 12.7 Å². The van der Waals surface area contributed by atoms with E-state index >= 15 is 0 Å². The van der Waals surface area contributed by atoms with Crippen LogP contribution in [0.15, 0.2) is 22.6 Å². The van der Waals surface area contributed by atoms with Gasteiger partial charge in [-0.25, -0.2) is 0 Å². The molecule has 0 aromatic rings. The lowest BCUT2D eigenvalue weighted by atomic mass is 10.4. The van der Waals surface area contributed by atoms with Crippen LogP contribution in [-0.4, -0.2) is 18.6 Å². The largest absolute Gasteiger partial charge is 0.267 e. The molecule has 0 fully saturated rings. The predicted octanol–water partition coefficient (Wildman–Crippen LogP) is 2.46. The standard InChI is InChI=1S/C9H16N2/c1-4-7-10-9(6-3)11-8-5-2/h6-9H,3-5H2,1-2H3. The molecule has 0 bridgehead atoms. The van der Waals surface area contributed by atoms with Crippen LogP contribution in [0.3, 0.4) is 0 Å². The van der Waals surface area contributed by atoms with Gasteiger partial charge in [0.2, 0.25) is 0 Å². The molecule has 0 N–H and O–H groups in total. The molecule has 0 spiro atoms. The maximum Gasteiger partial charge on any atom is 0.157 e. The van der Waals surface area contributed by atoms with Crippen LogP contribution in [0.1, 0.15) is 26.7 Å². The third-order valence-corrected chi connectivity index (χ3v) is 1.09. The highest BCUT2D eigenvalue weighted by atomic mass is 15.0. The molecule has 2 heteroatoms. The van der Waals surface area contributed by atoms with Gasteiger partial charge in [0.15, 0.2) is 6.17 Å². The molecule has 0 aromatic heterocycles. The molecule has 0 saturated heterocycles. The molecule has 11 heavy (non-hydrogen) atoms. The summed E-state index contributed by atoms with van der Waals surface area (Å²) in [5.74, 6) is 0. The first kappa shape index (κ1) is 10.1. The molecular formula is C9H16N2. The van der Waals surface area contributed by atoms with Crippen LogP contribution >= 0.6 is 0 Å². The van der Waals surface area contributed by atoms with Crippen LogP contribution in [0.2, 0.25) is 0 Å². The fourth-order valence-electron chi connectivity index (χ4n) is 0.587. The number of hydrogen-bond acceptors (Lipinski definition) is 2. The minimum absolute atomic E-state index is 0.0742. The summed E-state index contributed by atoms with van der Waals surface area (Å²) in [5.41, 5.74) is 0. The molecule has 62 valence electrons. The van der Waals surface area contributed by atoms with E-state index in [0.717, 1.165) is 12.8 Å². The second kappa shape index (κ2) is 7.19.